The molecule has 0 amide bonds. The topological polar surface area (TPSA) is 124 Å². The molecule has 0 aliphatic carbocycles. The molecule has 0 radical (unpaired) electrons. The molecule has 0 bridgehead atoms. The highest BCUT2D eigenvalue weighted by atomic mass is 16.6. The van der Waals surface area contributed by atoms with Crippen LogP contribution in [-0.2, 0) is 19.2 Å². The smallest absolute Gasteiger partial charge is 0.338 e. The summed E-state index contributed by atoms with van der Waals surface area (Å²) in [6.45, 7) is 32.3. The second kappa shape index (κ2) is 17.5. The molecule has 3 rings (SSSR count). The van der Waals surface area contributed by atoms with Crippen molar-refractivity contribution in [2.75, 3.05) is 13.2 Å². The number of ether oxygens (including phenoxy) is 6. The molecule has 10 nitrogen and oxygen atoms in total. The van der Waals surface area contributed by atoms with E-state index < -0.39 is 23.9 Å². The van der Waals surface area contributed by atoms with Gasteiger partial charge in [0.25, 0.3) is 0 Å². The molecule has 0 N–H and O–H groups in total. The summed E-state index contributed by atoms with van der Waals surface area (Å²) in [6.07, 6.45) is 0. The van der Waals surface area contributed by atoms with Crippen LogP contribution in [0.25, 0.3) is 22.3 Å². The van der Waals surface area contributed by atoms with Gasteiger partial charge >= 0.3 is 23.9 Å². The predicted octanol–water partition coefficient (Wildman–Crippen LogP) is 8.86. The molecule has 10 heteroatoms. The first kappa shape index (κ1) is 40.0. The van der Waals surface area contributed by atoms with Crippen LogP contribution < -0.4 is 28.4 Å². The van der Waals surface area contributed by atoms with Crippen molar-refractivity contribution in [3.63, 3.8) is 0 Å². The lowest BCUT2D eigenvalue weighted by Gasteiger charge is -2.21. The van der Waals surface area contributed by atoms with Crippen molar-refractivity contribution in [2.45, 2.75) is 41.5 Å². The molecule has 0 aliphatic heterocycles. The number of esters is 4. The fourth-order valence-corrected chi connectivity index (χ4v) is 4.13. The first-order valence-corrected chi connectivity index (χ1v) is 15.9. The minimum Gasteiger partial charge on any atom is -0.489 e. The van der Waals surface area contributed by atoms with Gasteiger partial charge in [0.1, 0.15) is 47.7 Å². The summed E-state index contributed by atoms with van der Waals surface area (Å²) in [7, 11) is 0. The molecule has 3 aromatic carbocycles. The van der Waals surface area contributed by atoms with Crippen molar-refractivity contribution in [2.24, 2.45) is 0 Å². The molecule has 0 unspecified atom stereocenters. The van der Waals surface area contributed by atoms with E-state index in [1.54, 1.807) is 38.1 Å². The summed E-state index contributed by atoms with van der Waals surface area (Å²) in [5.41, 5.74) is 3.56. The zero-order valence-electron chi connectivity index (χ0n) is 30.4. The average Bonchev–Trinajstić information content (AvgIpc) is 3.06. The Morgan fingerprint density at radius 2 is 0.731 bits per heavy atom. The van der Waals surface area contributed by atoms with Crippen LogP contribution in [0.2, 0.25) is 0 Å². The molecule has 270 valence electrons. The normalized spacial score (nSPS) is 10.3. The first-order chi connectivity index (χ1) is 24.4. The molecule has 0 spiro atoms. The van der Waals surface area contributed by atoms with E-state index in [1.165, 1.54) is 52.0 Å². The minimum atomic E-state index is -0.721. The number of carbonyl (C=O) groups is 4. The van der Waals surface area contributed by atoms with Gasteiger partial charge in [-0.1, -0.05) is 39.5 Å². The van der Waals surface area contributed by atoms with Gasteiger partial charge in [-0.05, 0) is 89.1 Å². The van der Waals surface area contributed by atoms with E-state index in [0.717, 1.165) is 0 Å². The summed E-state index contributed by atoms with van der Waals surface area (Å²) >= 11 is 0. The van der Waals surface area contributed by atoms with Crippen molar-refractivity contribution in [3.8, 4) is 56.8 Å². The molecule has 3 aromatic rings. The van der Waals surface area contributed by atoms with E-state index in [-0.39, 0.29) is 70.0 Å². The van der Waals surface area contributed by atoms with E-state index in [1.807, 2.05) is 0 Å². The van der Waals surface area contributed by atoms with Gasteiger partial charge in [0.15, 0.2) is 0 Å². The summed E-state index contributed by atoms with van der Waals surface area (Å²) in [5.74, 6) is -1.96. The Morgan fingerprint density at radius 1 is 0.423 bits per heavy atom. The zero-order valence-corrected chi connectivity index (χ0v) is 30.4. The maximum atomic E-state index is 12.8. The van der Waals surface area contributed by atoms with Crippen LogP contribution in [0.5, 0.6) is 34.5 Å². The van der Waals surface area contributed by atoms with Gasteiger partial charge in [-0.3, -0.25) is 0 Å². The molecule has 0 saturated carbocycles. The largest absolute Gasteiger partial charge is 0.489 e. The average molecular weight is 707 g/mol. The van der Waals surface area contributed by atoms with E-state index in [9.17, 15) is 19.2 Å². The molecule has 0 aliphatic rings. The number of hydrogen-bond donors (Lipinski definition) is 0. The third-order valence-electron chi connectivity index (χ3n) is 6.74. The lowest BCUT2D eigenvalue weighted by atomic mass is 9.96. The molecule has 0 saturated heterocycles. The molecule has 0 heterocycles. The molecule has 0 fully saturated rings. The predicted molar refractivity (Wildman–Crippen MR) is 200 cm³/mol. The van der Waals surface area contributed by atoms with Crippen molar-refractivity contribution in [1.82, 2.24) is 0 Å². The third-order valence-corrected chi connectivity index (χ3v) is 6.74. The second-order valence-electron chi connectivity index (χ2n) is 12.3. The van der Waals surface area contributed by atoms with Crippen LogP contribution in [0.1, 0.15) is 41.5 Å². The highest BCUT2D eigenvalue weighted by Crippen LogP contribution is 2.47. The Bertz CT molecular complexity index is 1880. The van der Waals surface area contributed by atoms with Crippen LogP contribution in [-0.4, -0.2) is 37.1 Å². The number of benzene rings is 3. The highest BCUT2D eigenvalue weighted by molar-refractivity contribution is 5.94. The van der Waals surface area contributed by atoms with E-state index in [2.05, 4.69) is 39.5 Å². The van der Waals surface area contributed by atoms with Crippen molar-refractivity contribution >= 4 is 23.9 Å². The highest BCUT2D eigenvalue weighted by Gasteiger charge is 2.24. The van der Waals surface area contributed by atoms with Crippen LogP contribution in [0, 0.1) is 0 Å². The van der Waals surface area contributed by atoms with Crippen LogP contribution >= 0.6 is 0 Å². The summed E-state index contributed by atoms with van der Waals surface area (Å²) < 4.78 is 34.8. The summed E-state index contributed by atoms with van der Waals surface area (Å²) in [4.78, 5) is 50.3. The van der Waals surface area contributed by atoms with E-state index >= 15 is 0 Å². The third kappa shape index (κ3) is 10.8. The Kier molecular flexibility index (Phi) is 13.5. The zero-order chi connectivity index (χ0) is 38.9. The van der Waals surface area contributed by atoms with Crippen LogP contribution in [0.4, 0.5) is 0 Å². The van der Waals surface area contributed by atoms with Gasteiger partial charge in [-0.15, -0.1) is 0 Å². The maximum Gasteiger partial charge on any atom is 0.338 e. The minimum absolute atomic E-state index is 0.0264. The fraction of sp³-hybridized carbons (Fsp3) is 0.190. The lowest BCUT2D eigenvalue weighted by molar-refractivity contribution is -0.131. The number of carbonyl (C=O) groups excluding carboxylic acids is 4. The Morgan fingerprint density at radius 3 is 1.02 bits per heavy atom. The lowest BCUT2D eigenvalue weighted by Crippen LogP contribution is -2.12. The van der Waals surface area contributed by atoms with E-state index in [0.29, 0.717) is 33.4 Å². The van der Waals surface area contributed by atoms with Gasteiger partial charge < -0.3 is 28.4 Å². The molecule has 0 aromatic heterocycles. The van der Waals surface area contributed by atoms with Crippen LogP contribution in [0.15, 0.2) is 121 Å². The number of rotatable bonds is 16. The van der Waals surface area contributed by atoms with Crippen molar-refractivity contribution < 1.29 is 47.6 Å². The van der Waals surface area contributed by atoms with Crippen molar-refractivity contribution in [1.29, 1.82) is 0 Å². The SMILES string of the molecule is C=C(C)COc1cc(-c2ccc(OC(=O)C(=C)C)cc2OC(=O)C(=C)C)c(OCC(=C)C)cc1-c1ccc(OC(=O)C(=C)C)cc1OC(=O)C(=C)C. The fourth-order valence-electron chi connectivity index (χ4n) is 4.13. The Labute approximate surface area is 303 Å². The first-order valence-electron chi connectivity index (χ1n) is 15.9. The quantitative estimate of drug-likeness (QED) is 0.0618. The Balaban J connectivity index is 2.41. The van der Waals surface area contributed by atoms with Gasteiger partial charge in [0, 0.05) is 56.7 Å². The summed E-state index contributed by atoms with van der Waals surface area (Å²) in [5, 5.41) is 0. The molecule has 0 atom stereocenters. The van der Waals surface area contributed by atoms with E-state index in [4.69, 9.17) is 28.4 Å². The van der Waals surface area contributed by atoms with Gasteiger partial charge in [-0.2, -0.15) is 0 Å². The molecule has 52 heavy (non-hydrogen) atoms. The standard InChI is InChI=1S/C42H42O10/c1-23(2)21-47-35-19-34(32-16-14-30(50-40(44)26(7)8)18-38(32)52-42(46)28(11)12)36(48-22-24(3)4)20-33(35)31-15-13-29(49-39(43)25(5)6)17-37(31)51-41(45)27(9)10/h13-20H,1,3,5,7,9,11,21-22H2,2,4,6,8,10,12H3. The maximum absolute atomic E-state index is 12.8. The van der Waals surface area contributed by atoms with Gasteiger partial charge in [0.2, 0.25) is 0 Å². The molecular weight excluding hydrogens is 664 g/mol. The summed E-state index contributed by atoms with van der Waals surface area (Å²) in [6, 6.07) is 12.4. The number of hydrogen-bond acceptors (Lipinski definition) is 10. The monoisotopic (exact) mass is 706 g/mol. The second-order valence-corrected chi connectivity index (χ2v) is 12.3. The Hall–Kier alpha value is -6.42. The van der Waals surface area contributed by atoms with Gasteiger partial charge in [0.05, 0.1) is 0 Å². The molecular formula is C42H42O10. The van der Waals surface area contributed by atoms with Crippen LogP contribution in [0.3, 0.4) is 0 Å². The van der Waals surface area contributed by atoms with Gasteiger partial charge in [-0.25, -0.2) is 19.2 Å². The van der Waals surface area contributed by atoms with Crippen molar-refractivity contribution in [3.05, 3.63) is 121 Å².